The molecule has 4 nitrogen and oxygen atoms in total. The Morgan fingerprint density at radius 3 is 2.79 bits per heavy atom. The van der Waals surface area contributed by atoms with Gasteiger partial charge in [0.05, 0.1) is 12.4 Å². The van der Waals surface area contributed by atoms with Crippen LogP contribution in [0.1, 0.15) is 5.82 Å². The second-order valence-corrected chi connectivity index (χ2v) is 2.56. The Balaban J connectivity index is 2.35. The van der Waals surface area contributed by atoms with E-state index in [1.165, 1.54) is 6.08 Å². The van der Waals surface area contributed by atoms with Crippen molar-refractivity contribution < 1.29 is 9.18 Å². The van der Waals surface area contributed by atoms with E-state index in [9.17, 15) is 9.18 Å². The Kier molecular flexibility index (Phi) is 3.72. The average Bonchev–Trinajstić information content (AvgIpc) is 2.21. The number of carbonyl (C=O) groups excluding carboxylic acids is 1. The molecule has 14 heavy (non-hydrogen) atoms. The van der Waals surface area contributed by atoms with Crippen LogP contribution in [-0.2, 0) is 11.2 Å². The van der Waals surface area contributed by atoms with Crippen LogP contribution in [0.15, 0.2) is 25.0 Å². The van der Waals surface area contributed by atoms with Gasteiger partial charge in [-0.1, -0.05) is 6.58 Å². The normalized spacial score (nSPS) is 9.50. The first-order chi connectivity index (χ1) is 6.72. The van der Waals surface area contributed by atoms with Gasteiger partial charge in [-0.2, -0.15) is 0 Å². The summed E-state index contributed by atoms with van der Waals surface area (Å²) in [7, 11) is 0. The molecule has 0 atom stereocenters. The van der Waals surface area contributed by atoms with Gasteiger partial charge < -0.3 is 5.32 Å². The van der Waals surface area contributed by atoms with Gasteiger partial charge in [-0.3, -0.25) is 4.79 Å². The van der Waals surface area contributed by atoms with Crippen molar-refractivity contribution >= 4 is 5.91 Å². The molecule has 1 aromatic rings. The number of aromatic nitrogens is 2. The zero-order valence-electron chi connectivity index (χ0n) is 7.53. The quantitative estimate of drug-likeness (QED) is 0.710. The lowest BCUT2D eigenvalue weighted by atomic mass is 10.4. The fourth-order valence-corrected chi connectivity index (χ4v) is 0.838. The number of rotatable bonds is 4. The Morgan fingerprint density at radius 2 is 2.21 bits per heavy atom. The molecule has 0 saturated heterocycles. The van der Waals surface area contributed by atoms with E-state index in [4.69, 9.17) is 0 Å². The van der Waals surface area contributed by atoms with E-state index < -0.39 is 5.82 Å². The van der Waals surface area contributed by atoms with E-state index in [2.05, 4.69) is 21.9 Å². The minimum absolute atomic E-state index is 0.243. The van der Waals surface area contributed by atoms with E-state index in [-0.39, 0.29) is 5.91 Å². The predicted octanol–water partition coefficient (Wildman–Crippen LogP) is 0.460. The Bertz CT molecular complexity index is 323. The van der Waals surface area contributed by atoms with Crippen LogP contribution >= 0.6 is 0 Å². The summed E-state index contributed by atoms with van der Waals surface area (Å²) in [6.07, 6.45) is 3.85. The second-order valence-electron chi connectivity index (χ2n) is 2.56. The average molecular weight is 195 g/mol. The predicted molar refractivity (Wildman–Crippen MR) is 48.9 cm³/mol. The lowest BCUT2D eigenvalue weighted by Crippen LogP contribution is -2.23. The first-order valence-corrected chi connectivity index (χ1v) is 4.09. The van der Waals surface area contributed by atoms with Crippen LogP contribution in [0.5, 0.6) is 0 Å². The van der Waals surface area contributed by atoms with Crippen molar-refractivity contribution in [1.82, 2.24) is 15.3 Å². The van der Waals surface area contributed by atoms with Gasteiger partial charge in [0.1, 0.15) is 5.82 Å². The molecule has 0 fully saturated rings. The van der Waals surface area contributed by atoms with Crippen molar-refractivity contribution in [1.29, 1.82) is 0 Å². The second kappa shape index (κ2) is 5.06. The van der Waals surface area contributed by atoms with E-state index in [1.807, 2.05) is 0 Å². The molecule has 1 heterocycles. The molecular formula is C9H10FN3O. The third-order valence-electron chi connectivity index (χ3n) is 1.51. The van der Waals surface area contributed by atoms with Crippen LogP contribution in [0.4, 0.5) is 4.39 Å². The van der Waals surface area contributed by atoms with Gasteiger partial charge in [0.25, 0.3) is 0 Å². The number of nitrogens with one attached hydrogen (secondary N) is 1. The van der Waals surface area contributed by atoms with Crippen LogP contribution in [0, 0.1) is 5.82 Å². The number of amides is 1. The van der Waals surface area contributed by atoms with Crippen LogP contribution in [0.3, 0.4) is 0 Å². The van der Waals surface area contributed by atoms with Gasteiger partial charge >= 0.3 is 0 Å². The molecule has 0 unspecified atom stereocenters. The Hall–Kier alpha value is -1.78. The molecule has 0 spiro atoms. The summed E-state index contributed by atoms with van der Waals surface area (Å²) in [5.41, 5.74) is 0. The van der Waals surface area contributed by atoms with Gasteiger partial charge in [-0.25, -0.2) is 14.4 Å². The highest BCUT2D eigenvalue weighted by Crippen LogP contribution is 1.93. The summed E-state index contributed by atoms with van der Waals surface area (Å²) in [4.78, 5) is 18.2. The minimum atomic E-state index is -0.469. The molecule has 1 amide bonds. The summed E-state index contributed by atoms with van der Waals surface area (Å²) in [5.74, 6) is -0.216. The standard InChI is InChI=1S/C9H10FN3O/c1-2-9(14)11-4-3-8-12-5-7(10)6-13-8/h2,5-6H,1,3-4H2,(H,11,14). The molecule has 0 saturated carbocycles. The van der Waals surface area contributed by atoms with E-state index in [1.54, 1.807) is 0 Å². The molecule has 0 aliphatic carbocycles. The molecule has 0 aliphatic heterocycles. The Morgan fingerprint density at radius 1 is 1.57 bits per heavy atom. The molecule has 5 heteroatoms. The van der Waals surface area contributed by atoms with Crippen molar-refractivity contribution in [3.05, 3.63) is 36.7 Å². The van der Waals surface area contributed by atoms with Gasteiger partial charge in [-0.15, -0.1) is 0 Å². The molecule has 1 rings (SSSR count). The number of hydrogen-bond acceptors (Lipinski definition) is 3. The fourth-order valence-electron chi connectivity index (χ4n) is 0.838. The monoisotopic (exact) mass is 195 g/mol. The van der Waals surface area contributed by atoms with E-state index >= 15 is 0 Å². The fraction of sp³-hybridized carbons (Fsp3) is 0.222. The highest BCUT2D eigenvalue weighted by atomic mass is 19.1. The van der Waals surface area contributed by atoms with E-state index in [0.717, 1.165) is 12.4 Å². The van der Waals surface area contributed by atoms with E-state index in [0.29, 0.717) is 18.8 Å². The highest BCUT2D eigenvalue weighted by molar-refractivity contribution is 5.86. The number of nitrogens with zero attached hydrogens (tertiary/aromatic N) is 2. The van der Waals surface area contributed by atoms with Crippen molar-refractivity contribution in [2.75, 3.05) is 6.54 Å². The molecule has 0 bridgehead atoms. The van der Waals surface area contributed by atoms with Gasteiger partial charge in [0.2, 0.25) is 5.91 Å². The maximum atomic E-state index is 12.4. The zero-order valence-corrected chi connectivity index (χ0v) is 7.53. The van der Waals surface area contributed by atoms with Crippen molar-refractivity contribution in [3.63, 3.8) is 0 Å². The lowest BCUT2D eigenvalue weighted by molar-refractivity contribution is -0.116. The number of hydrogen-bond donors (Lipinski definition) is 1. The van der Waals surface area contributed by atoms with Gasteiger partial charge in [0, 0.05) is 13.0 Å². The summed E-state index contributed by atoms with van der Waals surface area (Å²) in [6.45, 7) is 3.72. The summed E-state index contributed by atoms with van der Waals surface area (Å²) in [5, 5.41) is 2.56. The van der Waals surface area contributed by atoms with Crippen LogP contribution in [0.25, 0.3) is 0 Å². The topological polar surface area (TPSA) is 54.9 Å². The number of halogens is 1. The minimum Gasteiger partial charge on any atom is -0.352 e. The van der Waals surface area contributed by atoms with Crippen molar-refractivity contribution in [2.45, 2.75) is 6.42 Å². The highest BCUT2D eigenvalue weighted by Gasteiger charge is 1.98. The van der Waals surface area contributed by atoms with Crippen LogP contribution < -0.4 is 5.32 Å². The molecule has 74 valence electrons. The van der Waals surface area contributed by atoms with Crippen molar-refractivity contribution in [3.8, 4) is 0 Å². The maximum absolute atomic E-state index is 12.4. The smallest absolute Gasteiger partial charge is 0.243 e. The number of carbonyl (C=O) groups is 1. The molecule has 0 aromatic carbocycles. The summed E-state index contributed by atoms with van der Waals surface area (Å²) < 4.78 is 12.4. The van der Waals surface area contributed by atoms with Crippen LogP contribution in [0.2, 0.25) is 0 Å². The SMILES string of the molecule is C=CC(=O)NCCc1ncc(F)cn1. The lowest BCUT2D eigenvalue weighted by Gasteiger charge is -2.00. The van der Waals surface area contributed by atoms with Crippen LogP contribution in [-0.4, -0.2) is 22.4 Å². The molecule has 1 N–H and O–H groups in total. The largest absolute Gasteiger partial charge is 0.352 e. The molecule has 0 radical (unpaired) electrons. The first-order valence-electron chi connectivity index (χ1n) is 4.09. The first kappa shape index (κ1) is 10.3. The van der Waals surface area contributed by atoms with Gasteiger partial charge in [0.15, 0.2) is 5.82 Å². The summed E-state index contributed by atoms with van der Waals surface area (Å²) in [6, 6.07) is 0. The summed E-state index contributed by atoms with van der Waals surface area (Å²) >= 11 is 0. The van der Waals surface area contributed by atoms with Gasteiger partial charge in [-0.05, 0) is 6.08 Å². The zero-order chi connectivity index (χ0) is 10.4. The van der Waals surface area contributed by atoms with Crippen molar-refractivity contribution in [2.24, 2.45) is 0 Å². The molecule has 1 aromatic heterocycles. The third kappa shape index (κ3) is 3.30. The maximum Gasteiger partial charge on any atom is 0.243 e. The Labute approximate surface area is 80.9 Å². The molecular weight excluding hydrogens is 185 g/mol. The molecule has 0 aliphatic rings. The third-order valence-corrected chi connectivity index (χ3v) is 1.51.